The maximum atomic E-state index is 12.6. The Morgan fingerprint density at radius 3 is 2.34 bits per heavy atom. The fraction of sp³-hybridized carbons (Fsp3) is 0.333. The van der Waals surface area contributed by atoms with Gasteiger partial charge in [0.2, 0.25) is 15.9 Å². The van der Waals surface area contributed by atoms with Gasteiger partial charge in [0.25, 0.3) is 0 Å². The van der Waals surface area contributed by atoms with E-state index in [9.17, 15) is 18.0 Å². The second kappa shape index (κ2) is 11.1. The van der Waals surface area contributed by atoms with E-state index in [4.69, 9.17) is 4.74 Å². The normalized spacial score (nSPS) is 15.5. The highest BCUT2D eigenvalue weighted by Gasteiger charge is 2.30. The van der Waals surface area contributed by atoms with E-state index in [0.29, 0.717) is 43.8 Å². The summed E-state index contributed by atoms with van der Waals surface area (Å²) >= 11 is 0. The third kappa shape index (κ3) is 6.51. The fourth-order valence-electron chi connectivity index (χ4n) is 3.40. The van der Waals surface area contributed by atoms with Crippen LogP contribution in [0.1, 0.15) is 42.1 Å². The summed E-state index contributed by atoms with van der Waals surface area (Å²) in [4.78, 5) is 24.5. The molecule has 1 heterocycles. The number of piperidine rings is 1. The lowest BCUT2D eigenvalue weighted by molar-refractivity contribution is -0.120. The van der Waals surface area contributed by atoms with Crippen LogP contribution in [0.3, 0.4) is 0 Å². The first kappa shape index (κ1) is 23.7. The second-order valence-electron chi connectivity index (χ2n) is 7.63. The maximum Gasteiger partial charge on any atom is 0.338 e. The SMILES string of the molecule is CCCOC(=O)c1ccc(NC(=O)C2CCN(S(=O)(=O)/C=C/c3ccccc3)CC2)cc1. The minimum absolute atomic E-state index is 0.150. The molecule has 0 aromatic heterocycles. The van der Waals surface area contributed by atoms with E-state index in [1.807, 2.05) is 37.3 Å². The number of nitrogens with zero attached hydrogens (tertiary/aromatic N) is 1. The third-order valence-electron chi connectivity index (χ3n) is 5.24. The fourth-order valence-corrected chi connectivity index (χ4v) is 4.62. The van der Waals surface area contributed by atoms with Gasteiger partial charge in [0.15, 0.2) is 0 Å². The number of sulfonamides is 1. The quantitative estimate of drug-likeness (QED) is 0.608. The van der Waals surface area contributed by atoms with Gasteiger partial charge in [-0.2, -0.15) is 4.31 Å². The molecule has 1 aliphatic heterocycles. The van der Waals surface area contributed by atoms with Gasteiger partial charge in [0, 0.05) is 30.1 Å². The predicted molar refractivity (Wildman–Crippen MR) is 124 cm³/mol. The van der Waals surface area contributed by atoms with Gasteiger partial charge in [-0.15, -0.1) is 0 Å². The molecule has 1 aliphatic rings. The maximum absolute atomic E-state index is 12.6. The van der Waals surface area contributed by atoms with Crippen molar-refractivity contribution in [1.82, 2.24) is 4.31 Å². The third-order valence-corrected chi connectivity index (χ3v) is 6.81. The monoisotopic (exact) mass is 456 g/mol. The standard InChI is InChI=1S/C24H28N2O5S/c1-2-17-31-24(28)21-8-10-22(11-9-21)25-23(27)20-12-15-26(16-13-20)32(29,30)18-14-19-6-4-3-5-7-19/h3-11,14,18,20H,2,12-13,15-17H2,1H3,(H,25,27)/b18-14+. The lowest BCUT2D eigenvalue weighted by Crippen LogP contribution is -2.40. The van der Waals surface area contributed by atoms with Gasteiger partial charge in [-0.1, -0.05) is 37.3 Å². The molecule has 0 saturated carbocycles. The number of ether oxygens (including phenoxy) is 1. The zero-order chi connectivity index (χ0) is 23.0. The van der Waals surface area contributed by atoms with Crippen LogP contribution in [0.2, 0.25) is 0 Å². The van der Waals surface area contributed by atoms with E-state index in [1.165, 1.54) is 9.71 Å². The van der Waals surface area contributed by atoms with E-state index in [-0.39, 0.29) is 17.8 Å². The van der Waals surface area contributed by atoms with Crippen molar-refractivity contribution in [2.45, 2.75) is 26.2 Å². The highest BCUT2D eigenvalue weighted by atomic mass is 32.2. The number of hydrogen-bond acceptors (Lipinski definition) is 5. The van der Waals surface area contributed by atoms with Crippen LogP contribution in [0.4, 0.5) is 5.69 Å². The number of benzene rings is 2. The summed E-state index contributed by atoms with van der Waals surface area (Å²) in [5.41, 5.74) is 1.83. The van der Waals surface area contributed by atoms with Gasteiger partial charge in [-0.3, -0.25) is 4.79 Å². The molecule has 1 N–H and O–H groups in total. The topological polar surface area (TPSA) is 92.8 Å². The summed E-state index contributed by atoms with van der Waals surface area (Å²) in [5, 5.41) is 4.07. The van der Waals surface area contributed by atoms with Crippen LogP contribution in [0.5, 0.6) is 0 Å². The Hall–Kier alpha value is -2.97. The molecular weight excluding hydrogens is 428 g/mol. The number of rotatable bonds is 8. The van der Waals surface area contributed by atoms with Gasteiger partial charge >= 0.3 is 5.97 Å². The zero-order valence-corrected chi connectivity index (χ0v) is 18.9. The van der Waals surface area contributed by atoms with Crippen molar-refractivity contribution in [1.29, 1.82) is 0 Å². The van der Waals surface area contributed by atoms with E-state index in [2.05, 4.69) is 5.32 Å². The number of amides is 1. The van der Waals surface area contributed by atoms with Gasteiger partial charge < -0.3 is 10.1 Å². The van der Waals surface area contributed by atoms with Crippen LogP contribution in [0, 0.1) is 5.92 Å². The molecule has 8 heteroatoms. The summed E-state index contributed by atoms with van der Waals surface area (Å²) in [7, 11) is -3.53. The molecular formula is C24H28N2O5S. The van der Waals surface area contributed by atoms with Crippen molar-refractivity contribution < 1.29 is 22.7 Å². The van der Waals surface area contributed by atoms with Crippen molar-refractivity contribution in [3.63, 3.8) is 0 Å². The molecule has 0 spiro atoms. The molecule has 7 nitrogen and oxygen atoms in total. The van der Waals surface area contributed by atoms with Crippen LogP contribution in [-0.4, -0.2) is 44.3 Å². The van der Waals surface area contributed by atoms with Crippen LogP contribution in [0.15, 0.2) is 60.0 Å². The Morgan fingerprint density at radius 2 is 1.72 bits per heavy atom. The van der Waals surface area contributed by atoms with Crippen LogP contribution in [0.25, 0.3) is 6.08 Å². The molecule has 2 aromatic rings. The number of esters is 1. The second-order valence-corrected chi connectivity index (χ2v) is 9.45. The molecule has 1 saturated heterocycles. The lowest BCUT2D eigenvalue weighted by Gasteiger charge is -2.29. The summed E-state index contributed by atoms with van der Waals surface area (Å²) in [6.07, 6.45) is 3.23. The Morgan fingerprint density at radius 1 is 1.06 bits per heavy atom. The van der Waals surface area contributed by atoms with Gasteiger partial charge in [-0.25, -0.2) is 13.2 Å². The Balaban J connectivity index is 1.51. The Labute approximate surface area is 189 Å². The number of anilines is 1. The van der Waals surface area contributed by atoms with E-state index >= 15 is 0 Å². The highest BCUT2D eigenvalue weighted by Crippen LogP contribution is 2.23. The average molecular weight is 457 g/mol. The Bertz CT molecular complexity index is 1040. The number of carbonyl (C=O) groups excluding carboxylic acids is 2. The van der Waals surface area contributed by atoms with Gasteiger partial charge in [-0.05, 0) is 55.2 Å². The molecule has 0 unspecified atom stereocenters. The van der Waals surface area contributed by atoms with Crippen molar-refractivity contribution >= 4 is 33.7 Å². The first-order valence-corrected chi connectivity index (χ1v) is 12.2. The molecule has 0 radical (unpaired) electrons. The first-order chi connectivity index (χ1) is 15.4. The summed E-state index contributed by atoms with van der Waals surface area (Å²) in [6, 6.07) is 15.8. The minimum atomic E-state index is -3.53. The molecule has 0 bridgehead atoms. The summed E-state index contributed by atoms with van der Waals surface area (Å²) < 4.78 is 31.7. The number of hydrogen-bond donors (Lipinski definition) is 1. The van der Waals surface area contributed by atoms with E-state index in [1.54, 1.807) is 30.3 Å². The molecule has 1 amide bonds. The van der Waals surface area contributed by atoms with Crippen molar-refractivity contribution in [2.24, 2.45) is 5.92 Å². The van der Waals surface area contributed by atoms with E-state index in [0.717, 1.165) is 12.0 Å². The van der Waals surface area contributed by atoms with Crippen LogP contribution in [-0.2, 0) is 19.6 Å². The van der Waals surface area contributed by atoms with Crippen LogP contribution >= 0.6 is 0 Å². The molecule has 1 fully saturated rings. The van der Waals surface area contributed by atoms with E-state index < -0.39 is 10.0 Å². The lowest BCUT2D eigenvalue weighted by atomic mass is 9.97. The summed E-state index contributed by atoms with van der Waals surface area (Å²) in [6.45, 7) is 2.88. The highest BCUT2D eigenvalue weighted by molar-refractivity contribution is 7.92. The number of nitrogens with one attached hydrogen (secondary N) is 1. The van der Waals surface area contributed by atoms with Crippen molar-refractivity contribution in [3.8, 4) is 0 Å². The number of carbonyl (C=O) groups is 2. The minimum Gasteiger partial charge on any atom is -0.462 e. The smallest absolute Gasteiger partial charge is 0.338 e. The van der Waals surface area contributed by atoms with Crippen LogP contribution < -0.4 is 5.32 Å². The first-order valence-electron chi connectivity index (χ1n) is 10.7. The van der Waals surface area contributed by atoms with Crippen molar-refractivity contribution in [3.05, 3.63) is 71.1 Å². The molecule has 0 atom stereocenters. The molecule has 3 rings (SSSR count). The molecule has 0 aliphatic carbocycles. The molecule has 2 aromatic carbocycles. The molecule has 170 valence electrons. The Kier molecular flexibility index (Phi) is 8.19. The van der Waals surface area contributed by atoms with Crippen molar-refractivity contribution in [2.75, 3.05) is 25.0 Å². The average Bonchev–Trinajstić information content (AvgIpc) is 2.82. The van der Waals surface area contributed by atoms with Gasteiger partial charge in [0.1, 0.15) is 0 Å². The zero-order valence-electron chi connectivity index (χ0n) is 18.1. The molecule has 32 heavy (non-hydrogen) atoms. The predicted octanol–water partition coefficient (Wildman–Crippen LogP) is 3.90. The summed E-state index contributed by atoms with van der Waals surface area (Å²) in [5.74, 6) is -0.809. The largest absolute Gasteiger partial charge is 0.462 e. The van der Waals surface area contributed by atoms with Gasteiger partial charge in [0.05, 0.1) is 12.2 Å².